The fraction of sp³-hybridized carbons (Fsp3) is 0.316. The number of methoxy groups -OCH3 is 1. The molecule has 140 valence electrons. The van der Waals surface area contributed by atoms with Crippen LogP contribution in [-0.2, 0) is 16.3 Å². The molecule has 2 rings (SSSR count). The lowest BCUT2D eigenvalue weighted by Gasteiger charge is -2.10. The third-order valence-corrected chi connectivity index (χ3v) is 5.03. The van der Waals surface area contributed by atoms with Gasteiger partial charge in [-0.1, -0.05) is 12.1 Å². The molecule has 1 N–H and O–H groups in total. The summed E-state index contributed by atoms with van der Waals surface area (Å²) < 4.78 is 41.5. The van der Waals surface area contributed by atoms with Gasteiger partial charge < -0.3 is 10.1 Å². The first-order valence-electron chi connectivity index (χ1n) is 8.22. The standard InChI is InChI=1S/C19H22FNO4S/c1-25-17-11-8-15(13-18(17)26(2,23)24)19(22)21-12-4-3-5-14-6-9-16(20)10-7-14/h6-11,13H,3-5,12H2,1-2H3,(H,21,22). The number of sulfone groups is 1. The fourth-order valence-corrected chi connectivity index (χ4v) is 3.37. The normalized spacial score (nSPS) is 11.2. The molecule has 0 fully saturated rings. The molecule has 0 heterocycles. The maximum absolute atomic E-state index is 12.8. The number of carbonyl (C=O) groups is 1. The quantitative estimate of drug-likeness (QED) is 0.716. The number of amides is 1. The molecule has 0 radical (unpaired) electrons. The maximum atomic E-state index is 12.8. The van der Waals surface area contributed by atoms with Gasteiger partial charge in [-0.15, -0.1) is 0 Å². The summed E-state index contributed by atoms with van der Waals surface area (Å²) in [6.07, 6.45) is 3.49. The molecule has 0 spiro atoms. The maximum Gasteiger partial charge on any atom is 0.251 e. The topological polar surface area (TPSA) is 72.5 Å². The van der Waals surface area contributed by atoms with E-state index < -0.39 is 9.84 Å². The van der Waals surface area contributed by atoms with Crippen molar-refractivity contribution in [3.05, 3.63) is 59.4 Å². The van der Waals surface area contributed by atoms with E-state index in [4.69, 9.17) is 4.74 Å². The Morgan fingerprint density at radius 2 is 1.81 bits per heavy atom. The third kappa shape index (κ3) is 5.56. The zero-order chi connectivity index (χ0) is 19.2. The highest BCUT2D eigenvalue weighted by Gasteiger charge is 2.17. The smallest absolute Gasteiger partial charge is 0.251 e. The molecule has 0 atom stereocenters. The minimum absolute atomic E-state index is 0.0102. The first-order chi connectivity index (χ1) is 12.3. The molecule has 26 heavy (non-hydrogen) atoms. The Bertz CT molecular complexity index is 864. The van der Waals surface area contributed by atoms with Crippen molar-refractivity contribution in [1.82, 2.24) is 5.32 Å². The van der Waals surface area contributed by atoms with Gasteiger partial charge in [-0.05, 0) is 55.2 Å². The number of carbonyl (C=O) groups excluding carboxylic acids is 1. The molecular weight excluding hydrogens is 357 g/mol. The number of aryl methyl sites for hydroxylation is 1. The zero-order valence-corrected chi connectivity index (χ0v) is 15.6. The average molecular weight is 379 g/mol. The number of nitrogens with one attached hydrogen (secondary N) is 1. The van der Waals surface area contributed by atoms with Crippen LogP contribution in [0, 0.1) is 5.82 Å². The van der Waals surface area contributed by atoms with Crippen LogP contribution in [0.1, 0.15) is 28.8 Å². The number of rotatable bonds is 8. The van der Waals surface area contributed by atoms with Gasteiger partial charge in [0.1, 0.15) is 16.5 Å². The van der Waals surface area contributed by atoms with Crippen LogP contribution in [0.2, 0.25) is 0 Å². The van der Waals surface area contributed by atoms with E-state index in [2.05, 4.69) is 5.32 Å². The number of halogens is 1. The highest BCUT2D eigenvalue weighted by Crippen LogP contribution is 2.24. The molecular formula is C19H22FNO4S. The Kier molecular flexibility index (Phi) is 6.74. The molecule has 0 aliphatic heterocycles. The van der Waals surface area contributed by atoms with Crippen molar-refractivity contribution in [2.24, 2.45) is 0 Å². The van der Waals surface area contributed by atoms with E-state index >= 15 is 0 Å². The Morgan fingerprint density at radius 3 is 2.42 bits per heavy atom. The molecule has 1 amide bonds. The summed E-state index contributed by atoms with van der Waals surface area (Å²) in [6.45, 7) is 0.472. The predicted octanol–water partition coefficient (Wildman–Crippen LogP) is 2.99. The second-order valence-electron chi connectivity index (χ2n) is 5.98. The van der Waals surface area contributed by atoms with Crippen molar-refractivity contribution in [1.29, 1.82) is 0 Å². The second kappa shape index (κ2) is 8.80. The van der Waals surface area contributed by atoms with E-state index in [9.17, 15) is 17.6 Å². The van der Waals surface area contributed by atoms with Gasteiger partial charge in [-0.2, -0.15) is 0 Å². The molecule has 0 bridgehead atoms. The molecule has 5 nitrogen and oxygen atoms in total. The molecule has 0 aliphatic carbocycles. The van der Waals surface area contributed by atoms with E-state index in [1.165, 1.54) is 37.4 Å². The van der Waals surface area contributed by atoms with Gasteiger partial charge in [0, 0.05) is 18.4 Å². The Labute approximate surface area is 153 Å². The van der Waals surface area contributed by atoms with Gasteiger partial charge in [-0.3, -0.25) is 4.79 Å². The number of benzene rings is 2. The van der Waals surface area contributed by atoms with E-state index in [0.717, 1.165) is 31.1 Å². The highest BCUT2D eigenvalue weighted by molar-refractivity contribution is 7.90. The number of hydrogen-bond acceptors (Lipinski definition) is 4. The lowest BCUT2D eigenvalue weighted by atomic mass is 10.1. The second-order valence-corrected chi connectivity index (χ2v) is 7.96. The van der Waals surface area contributed by atoms with E-state index in [-0.39, 0.29) is 27.9 Å². The third-order valence-electron chi connectivity index (χ3n) is 3.92. The summed E-state index contributed by atoms with van der Waals surface area (Å²) in [5, 5.41) is 2.78. The first-order valence-corrected chi connectivity index (χ1v) is 10.1. The predicted molar refractivity (Wildman–Crippen MR) is 97.8 cm³/mol. The van der Waals surface area contributed by atoms with Crippen molar-refractivity contribution in [3.8, 4) is 5.75 Å². The SMILES string of the molecule is COc1ccc(C(=O)NCCCCc2ccc(F)cc2)cc1S(C)(=O)=O. The zero-order valence-electron chi connectivity index (χ0n) is 14.8. The molecule has 0 saturated carbocycles. The van der Waals surface area contributed by atoms with Crippen molar-refractivity contribution in [2.45, 2.75) is 24.2 Å². The van der Waals surface area contributed by atoms with Crippen LogP contribution in [0.15, 0.2) is 47.4 Å². The molecule has 2 aromatic carbocycles. The minimum Gasteiger partial charge on any atom is -0.495 e. The van der Waals surface area contributed by atoms with Crippen LogP contribution in [-0.4, -0.2) is 34.2 Å². The van der Waals surface area contributed by atoms with Gasteiger partial charge in [-0.25, -0.2) is 12.8 Å². The van der Waals surface area contributed by atoms with Crippen LogP contribution in [0.3, 0.4) is 0 Å². The molecule has 0 unspecified atom stereocenters. The summed E-state index contributed by atoms with van der Waals surface area (Å²) in [5.74, 6) is -0.378. The molecule has 2 aromatic rings. The van der Waals surface area contributed by atoms with Crippen molar-refractivity contribution >= 4 is 15.7 Å². The summed E-state index contributed by atoms with van der Waals surface area (Å²) in [6, 6.07) is 10.7. The van der Waals surface area contributed by atoms with Crippen LogP contribution >= 0.6 is 0 Å². The van der Waals surface area contributed by atoms with Gasteiger partial charge in [0.05, 0.1) is 7.11 Å². The van der Waals surface area contributed by atoms with Gasteiger partial charge in [0.25, 0.3) is 5.91 Å². The van der Waals surface area contributed by atoms with Gasteiger partial charge >= 0.3 is 0 Å². The van der Waals surface area contributed by atoms with E-state index in [1.54, 1.807) is 12.1 Å². The van der Waals surface area contributed by atoms with Crippen LogP contribution in [0.25, 0.3) is 0 Å². The Balaban J connectivity index is 1.87. The van der Waals surface area contributed by atoms with Crippen molar-refractivity contribution in [3.63, 3.8) is 0 Å². The molecule has 7 heteroatoms. The number of hydrogen-bond donors (Lipinski definition) is 1. The largest absolute Gasteiger partial charge is 0.495 e. The van der Waals surface area contributed by atoms with Crippen molar-refractivity contribution < 1.29 is 22.3 Å². The minimum atomic E-state index is -3.50. The summed E-state index contributed by atoms with van der Waals surface area (Å²) in [5.41, 5.74) is 1.32. The molecule has 0 saturated heterocycles. The van der Waals surface area contributed by atoms with Gasteiger partial charge in [0.15, 0.2) is 9.84 Å². The van der Waals surface area contributed by atoms with Crippen LogP contribution in [0.4, 0.5) is 4.39 Å². The molecule has 0 aliphatic rings. The van der Waals surface area contributed by atoms with E-state index in [0.29, 0.717) is 6.54 Å². The number of ether oxygens (including phenoxy) is 1. The first kappa shape index (κ1) is 19.9. The average Bonchev–Trinajstić information content (AvgIpc) is 2.61. The fourth-order valence-electron chi connectivity index (χ4n) is 2.52. The lowest BCUT2D eigenvalue weighted by molar-refractivity contribution is 0.0952. The summed E-state index contributed by atoms with van der Waals surface area (Å²) >= 11 is 0. The lowest BCUT2D eigenvalue weighted by Crippen LogP contribution is -2.24. The van der Waals surface area contributed by atoms with Crippen LogP contribution < -0.4 is 10.1 Å². The van der Waals surface area contributed by atoms with Crippen LogP contribution in [0.5, 0.6) is 5.75 Å². The van der Waals surface area contributed by atoms with Gasteiger partial charge in [0.2, 0.25) is 0 Å². The van der Waals surface area contributed by atoms with E-state index in [1.807, 2.05) is 0 Å². The number of unbranched alkanes of at least 4 members (excludes halogenated alkanes) is 1. The summed E-state index contributed by atoms with van der Waals surface area (Å²) in [4.78, 5) is 12.2. The monoisotopic (exact) mass is 379 g/mol. The Morgan fingerprint density at radius 1 is 1.12 bits per heavy atom. The van der Waals surface area contributed by atoms with Crippen molar-refractivity contribution in [2.75, 3.05) is 19.9 Å². The Hall–Kier alpha value is -2.41. The summed E-state index contributed by atoms with van der Waals surface area (Å²) in [7, 11) is -2.12. The molecule has 0 aromatic heterocycles. The highest BCUT2D eigenvalue weighted by atomic mass is 32.2.